The van der Waals surface area contributed by atoms with Gasteiger partial charge in [-0.1, -0.05) is 6.07 Å². The first-order valence-electron chi connectivity index (χ1n) is 6.48. The van der Waals surface area contributed by atoms with Crippen LogP contribution in [0.25, 0.3) is 0 Å². The molecular formula is C16H16F2N2O. The standard InChI is InChI=1S/C16H16F2N2O/c1-9-4-7-13(17)15(14(9)18)20-16(21)12-6-5-11(19-3)8-10(12)2/h4-8,19H,1-3H3,(H,20,21). The molecule has 0 aromatic heterocycles. The van der Waals surface area contributed by atoms with E-state index in [1.807, 2.05) is 0 Å². The third-order valence-corrected chi connectivity index (χ3v) is 3.28. The molecular weight excluding hydrogens is 274 g/mol. The number of anilines is 2. The van der Waals surface area contributed by atoms with Gasteiger partial charge >= 0.3 is 0 Å². The van der Waals surface area contributed by atoms with E-state index in [1.54, 1.807) is 32.2 Å². The van der Waals surface area contributed by atoms with Gasteiger partial charge in [-0.25, -0.2) is 8.78 Å². The van der Waals surface area contributed by atoms with Crippen LogP contribution in [0.5, 0.6) is 0 Å². The van der Waals surface area contributed by atoms with Crippen LogP contribution in [0.4, 0.5) is 20.2 Å². The van der Waals surface area contributed by atoms with Gasteiger partial charge in [-0.05, 0) is 49.2 Å². The van der Waals surface area contributed by atoms with E-state index in [4.69, 9.17) is 0 Å². The van der Waals surface area contributed by atoms with Crippen LogP contribution in [0.1, 0.15) is 21.5 Å². The third-order valence-electron chi connectivity index (χ3n) is 3.28. The van der Waals surface area contributed by atoms with Crippen molar-refractivity contribution in [3.8, 4) is 0 Å². The van der Waals surface area contributed by atoms with Gasteiger partial charge in [0, 0.05) is 18.3 Å². The average molecular weight is 290 g/mol. The van der Waals surface area contributed by atoms with Gasteiger partial charge in [0.25, 0.3) is 5.91 Å². The number of rotatable bonds is 3. The first-order valence-corrected chi connectivity index (χ1v) is 6.48. The summed E-state index contributed by atoms with van der Waals surface area (Å²) in [7, 11) is 1.77. The zero-order valence-electron chi connectivity index (χ0n) is 12.1. The van der Waals surface area contributed by atoms with Crippen molar-refractivity contribution in [2.24, 2.45) is 0 Å². The number of amides is 1. The second-order valence-electron chi connectivity index (χ2n) is 4.79. The maximum absolute atomic E-state index is 13.9. The number of halogens is 2. The lowest BCUT2D eigenvalue weighted by molar-refractivity contribution is 0.102. The van der Waals surface area contributed by atoms with Crippen molar-refractivity contribution in [1.82, 2.24) is 0 Å². The molecule has 1 amide bonds. The lowest BCUT2D eigenvalue weighted by Gasteiger charge is -2.11. The smallest absolute Gasteiger partial charge is 0.256 e. The summed E-state index contributed by atoms with van der Waals surface area (Å²) >= 11 is 0. The number of benzene rings is 2. The summed E-state index contributed by atoms with van der Waals surface area (Å²) in [5, 5.41) is 5.26. The van der Waals surface area contributed by atoms with Crippen LogP contribution in [0.15, 0.2) is 30.3 Å². The zero-order valence-corrected chi connectivity index (χ0v) is 12.1. The van der Waals surface area contributed by atoms with Gasteiger partial charge in [-0.15, -0.1) is 0 Å². The van der Waals surface area contributed by atoms with E-state index in [0.29, 0.717) is 11.1 Å². The van der Waals surface area contributed by atoms with E-state index < -0.39 is 23.2 Å². The molecule has 0 aliphatic rings. The van der Waals surface area contributed by atoms with E-state index in [-0.39, 0.29) is 5.56 Å². The molecule has 3 nitrogen and oxygen atoms in total. The Kier molecular flexibility index (Phi) is 4.21. The van der Waals surface area contributed by atoms with E-state index >= 15 is 0 Å². The summed E-state index contributed by atoms with van der Waals surface area (Å²) in [5.74, 6) is -2.10. The Morgan fingerprint density at radius 1 is 1.05 bits per heavy atom. The maximum Gasteiger partial charge on any atom is 0.256 e. The molecule has 0 bridgehead atoms. The molecule has 2 aromatic carbocycles. The van der Waals surface area contributed by atoms with Gasteiger partial charge in [-0.2, -0.15) is 0 Å². The summed E-state index contributed by atoms with van der Waals surface area (Å²) in [5.41, 5.74) is 1.80. The molecule has 5 heteroatoms. The highest BCUT2D eigenvalue weighted by atomic mass is 19.1. The fourth-order valence-corrected chi connectivity index (χ4v) is 2.03. The van der Waals surface area contributed by atoms with Crippen molar-refractivity contribution in [1.29, 1.82) is 0 Å². The number of hydrogen-bond acceptors (Lipinski definition) is 2. The van der Waals surface area contributed by atoms with Crippen LogP contribution >= 0.6 is 0 Å². The predicted molar refractivity (Wildman–Crippen MR) is 79.8 cm³/mol. The van der Waals surface area contributed by atoms with Crippen LogP contribution in [-0.4, -0.2) is 13.0 Å². The average Bonchev–Trinajstić information content (AvgIpc) is 2.47. The number of carbonyl (C=O) groups is 1. The molecule has 0 fully saturated rings. The van der Waals surface area contributed by atoms with Crippen LogP contribution < -0.4 is 10.6 Å². The van der Waals surface area contributed by atoms with Crippen LogP contribution in [0.3, 0.4) is 0 Å². The normalized spacial score (nSPS) is 10.3. The van der Waals surface area contributed by atoms with Gasteiger partial charge in [0.15, 0.2) is 5.82 Å². The summed E-state index contributed by atoms with van der Waals surface area (Å²) in [6.45, 7) is 3.27. The SMILES string of the molecule is CNc1ccc(C(=O)Nc2c(F)ccc(C)c2F)c(C)c1. The van der Waals surface area contributed by atoms with Crippen molar-refractivity contribution in [3.63, 3.8) is 0 Å². The molecule has 0 atom stereocenters. The number of aryl methyl sites for hydroxylation is 2. The van der Waals surface area contributed by atoms with Gasteiger partial charge in [0.2, 0.25) is 0 Å². The van der Waals surface area contributed by atoms with Crippen molar-refractivity contribution in [2.45, 2.75) is 13.8 Å². The Morgan fingerprint density at radius 2 is 1.76 bits per heavy atom. The number of carbonyl (C=O) groups excluding carboxylic acids is 1. The van der Waals surface area contributed by atoms with E-state index in [1.165, 1.54) is 13.0 Å². The monoisotopic (exact) mass is 290 g/mol. The van der Waals surface area contributed by atoms with E-state index in [0.717, 1.165) is 11.8 Å². The number of nitrogens with one attached hydrogen (secondary N) is 2. The van der Waals surface area contributed by atoms with Crippen molar-refractivity contribution in [2.75, 3.05) is 17.7 Å². The first kappa shape index (κ1) is 15.0. The largest absolute Gasteiger partial charge is 0.388 e. The minimum absolute atomic E-state index is 0.272. The molecule has 2 rings (SSSR count). The summed E-state index contributed by atoms with van der Waals surface area (Å²) in [6.07, 6.45) is 0. The Bertz CT molecular complexity index is 699. The van der Waals surface area contributed by atoms with Crippen LogP contribution in [0, 0.1) is 25.5 Å². The van der Waals surface area contributed by atoms with Gasteiger partial charge in [0.1, 0.15) is 11.5 Å². The zero-order chi connectivity index (χ0) is 15.6. The predicted octanol–water partition coefficient (Wildman–Crippen LogP) is 3.88. The van der Waals surface area contributed by atoms with E-state index in [9.17, 15) is 13.6 Å². The fourth-order valence-electron chi connectivity index (χ4n) is 2.03. The minimum atomic E-state index is -0.795. The van der Waals surface area contributed by atoms with Gasteiger partial charge in [-0.3, -0.25) is 4.79 Å². The quantitative estimate of drug-likeness (QED) is 0.900. The molecule has 0 radical (unpaired) electrons. The van der Waals surface area contributed by atoms with Gasteiger partial charge in [0.05, 0.1) is 0 Å². The second kappa shape index (κ2) is 5.91. The Hall–Kier alpha value is -2.43. The highest BCUT2D eigenvalue weighted by Gasteiger charge is 2.16. The molecule has 21 heavy (non-hydrogen) atoms. The Balaban J connectivity index is 2.33. The number of hydrogen-bond donors (Lipinski definition) is 2. The molecule has 0 heterocycles. The molecule has 0 aliphatic heterocycles. The van der Waals surface area contributed by atoms with Crippen LogP contribution in [-0.2, 0) is 0 Å². The summed E-state index contributed by atoms with van der Waals surface area (Å²) in [4.78, 5) is 12.2. The highest BCUT2D eigenvalue weighted by molar-refractivity contribution is 6.05. The molecule has 110 valence electrons. The summed E-state index contributed by atoms with van der Waals surface area (Å²) < 4.78 is 27.6. The molecule has 0 spiro atoms. The summed E-state index contributed by atoms with van der Waals surface area (Å²) in [6, 6.07) is 7.59. The topological polar surface area (TPSA) is 41.1 Å². The Labute approximate surface area is 122 Å². The molecule has 0 saturated carbocycles. The second-order valence-corrected chi connectivity index (χ2v) is 4.79. The third kappa shape index (κ3) is 3.02. The lowest BCUT2D eigenvalue weighted by Crippen LogP contribution is -2.16. The molecule has 2 aromatic rings. The lowest BCUT2D eigenvalue weighted by atomic mass is 10.1. The first-order chi connectivity index (χ1) is 9.93. The maximum atomic E-state index is 13.9. The van der Waals surface area contributed by atoms with Gasteiger partial charge < -0.3 is 10.6 Å². The fraction of sp³-hybridized carbons (Fsp3) is 0.188. The van der Waals surface area contributed by atoms with Crippen molar-refractivity contribution >= 4 is 17.3 Å². The highest BCUT2D eigenvalue weighted by Crippen LogP contribution is 2.23. The van der Waals surface area contributed by atoms with E-state index in [2.05, 4.69) is 10.6 Å². The molecule has 2 N–H and O–H groups in total. The minimum Gasteiger partial charge on any atom is -0.388 e. The molecule has 0 aliphatic carbocycles. The van der Waals surface area contributed by atoms with Crippen molar-refractivity contribution < 1.29 is 13.6 Å². The molecule has 0 unspecified atom stereocenters. The van der Waals surface area contributed by atoms with Crippen LogP contribution in [0.2, 0.25) is 0 Å². The van der Waals surface area contributed by atoms with Crippen molar-refractivity contribution in [3.05, 3.63) is 58.7 Å². The molecule has 0 saturated heterocycles. The Morgan fingerprint density at radius 3 is 2.38 bits per heavy atom.